The van der Waals surface area contributed by atoms with Gasteiger partial charge in [0, 0.05) is 17.4 Å². The summed E-state index contributed by atoms with van der Waals surface area (Å²) in [5, 5.41) is 11.0. The van der Waals surface area contributed by atoms with Crippen LogP contribution in [0.3, 0.4) is 0 Å². The molecule has 2 aliphatic heterocycles. The number of ether oxygens (including phenoxy) is 2. The van der Waals surface area contributed by atoms with Gasteiger partial charge in [-0.15, -0.1) is 0 Å². The third-order valence-electron chi connectivity index (χ3n) is 6.79. The first-order valence-electron chi connectivity index (χ1n) is 11.1. The van der Waals surface area contributed by atoms with Gasteiger partial charge in [0.2, 0.25) is 0 Å². The molecule has 0 N–H and O–H groups in total. The van der Waals surface area contributed by atoms with Crippen molar-refractivity contribution in [3.8, 4) is 6.01 Å². The average Bonchev–Trinajstić information content (AvgIpc) is 3.34. The molecule has 0 saturated carbocycles. The Morgan fingerprint density at radius 1 is 1.32 bits per heavy atom. The Bertz CT molecular complexity index is 1120. The largest absolute Gasteiger partial charge is 0.445 e. The minimum Gasteiger partial charge on any atom is -0.445 e. The van der Waals surface area contributed by atoms with E-state index in [1.807, 2.05) is 0 Å². The molecule has 0 radical (unpaired) electrons. The fourth-order valence-electron chi connectivity index (χ4n) is 3.73. The van der Waals surface area contributed by atoms with Crippen LogP contribution in [0.25, 0.3) is 0 Å². The molecule has 0 spiro atoms. The van der Waals surface area contributed by atoms with Crippen molar-refractivity contribution in [2.24, 2.45) is 0 Å². The number of cyclic esters (lactones) is 1. The van der Waals surface area contributed by atoms with Gasteiger partial charge < -0.3 is 24.0 Å². The van der Waals surface area contributed by atoms with Crippen LogP contribution in [-0.2, 0) is 15.7 Å². The van der Waals surface area contributed by atoms with Crippen LogP contribution < -0.4 is 9.64 Å². The van der Waals surface area contributed by atoms with Crippen LogP contribution in [0, 0.1) is 15.9 Å². The molecule has 184 valence electrons. The molecular weight excluding hydrogens is 463 g/mol. The Morgan fingerprint density at radius 3 is 2.71 bits per heavy atom. The molecule has 34 heavy (non-hydrogen) atoms. The summed E-state index contributed by atoms with van der Waals surface area (Å²) in [6, 6.07) is 4.73. The molecule has 12 heteroatoms. The number of benzene rings is 1. The molecule has 2 aliphatic rings. The molecule has 1 saturated heterocycles. The van der Waals surface area contributed by atoms with Gasteiger partial charge in [-0.2, -0.15) is 0 Å². The Kier molecular flexibility index (Phi) is 6.15. The van der Waals surface area contributed by atoms with Crippen LogP contribution in [0.2, 0.25) is 18.1 Å². The Morgan fingerprint density at radius 2 is 2.06 bits per heavy atom. The molecule has 0 aliphatic carbocycles. The van der Waals surface area contributed by atoms with Crippen LogP contribution >= 0.6 is 0 Å². The van der Waals surface area contributed by atoms with Crippen molar-refractivity contribution >= 4 is 25.9 Å². The average molecular weight is 493 g/mol. The zero-order valence-corrected chi connectivity index (χ0v) is 20.9. The first-order valence-corrected chi connectivity index (χ1v) is 14.0. The number of fused-ring (bicyclic) bond motifs is 1. The molecule has 2 aromatic rings. The predicted octanol–water partition coefficient (Wildman–Crippen LogP) is 4.45. The van der Waals surface area contributed by atoms with Gasteiger partial charge in [-0.1, -0.05) is 26.8 Å². The summed E-state index contributed by atoms with van der Waals surface area (Å²) in [4.78, 5) is 28.0. The monoisotopic (exact) mass is 492 g/mol. The molecular formula is C22H29FN4O6Si. The van der Waals surface area contributed by atoms with E-state index in [4.69, 9.17) is 13.9 Å². The van der Waals surface area contributed by atoms with E-state index in [1.54, 1.807) is 12.1 Å². The van der Waals surface area contributed by atoms with Gasteiger partial charge in [-0.05, 0) is 40.8 Å². The van der Waals surface area contributed by atoms with Gasteiger partial charge in [0.05, 0.1) is 18.8 Å². The minimum absolute atomic E-state index is 0.0412. The summed E-state index contributed by atoms with van der Waals surface area (Å²) in [5.74, 6) is -1.16. The minimum atomic E-state index is -1.99. The van der Waals surface area contributed by atoms with Crippen LogP contribution in [0.5, 0.6) is 6.01 Å². The number of carbonyl (C=O) groups is 1. The maximum Gasteiger partial charge on any atom is 0.414 e. The molecule has 10 nitrogen and oxygen atoms in total. The second kappa shape index (κ2) is 8.66. The molecule has 1 aromatic heterocycles. The van der Waals surface area contributed by atoms with Crippen molar-refractivity contribution < 1.29 is 28.0 Å². The Balaban J connectivity index is 1.43. The lowest BCUT2D eigenvalue weighted by Gasteiger charge is -2.36. The lowest BCUT2D eigenvalue weighted by molar-refractivity contribution is -0.389. The van der Waals surface area contributed by atoms with E-state index in [9.17, 15) is 14.9 Å². The maximum absolute atomic E-state index is 15.1. The van der Waals surface area contributed by atoms with Gasteiger partial charge >= 0.3 is 17.9 Å². The van der Waals surface area contributed by atoms with Crippen molar-refractivity contribution in [3.63, 3.8) is 0 Å². The van der Waals surface area contributed by atoms with E-state index in [2.05, 4.69) is 38.8 Å². The number of anilines is 1. The number of aromatic nitrogens is 2. The first kappa shape index (κ1) is 24.1. The number of nitro groups is 1. The van der Waals surface area contributed by atoms with Crippen molar-refractivity contribution in [3.05, 3.63) is 45.9 Å². The number of amides is 1. The molecule has 1 fully saturated rings. The van der Waals surface area contributed by atoms with E-state index in [0.717, 1.165) is 0 Å². The highest BCUT2D eigenvalue weighted by Gasteiger charge is 2.40. The number of carbonyl (C=O) groups excluding carboxylic acids is 1. The quantitative estimate of drug-likeness (QED) is 0.333. The lowest BCUT2D eigenvalue weighted by Crippen LogP contribution is -2.43. The number of hydrogen-bond donors (Lipinski definition) is 0. The topological polar surface area (TPSA) is 109 Å². The summed E-state index contributed by atoms with van der Waals surface area (Å²) in [7, 11) is -1.99. The van der Waals surface area contributed by atoms with E-state index < -0.39 is 31.3 Å². The molecule has 2 atom stereocenters. The Labute approximate surface area is 197 Å². The summed E-state index contributed by atoms with van der Waals surface area (Å²) in [5.41, 5.74) is 0.799. The molecule has 1 unspecified atom stereocenters. The number of imidazole rings is 1. The SMILES string of the molecule is CC(C)(C)[Si](C)(C)OC[C@H]1CN(c2ccc(C3COc4nc([N+](=O)[O-])cn4C3)c(F)c2)C(=O)O1. The van der Waals surface area contributed by atoms with Gasteiger partial charge in [-0.3, -0.25) is 9.47 Å². The third kappa shape index (κ3) is 4.64. The first-order chi connectivity index (χ1) is 15.9. The van der Waals surface area contributed by atoms with Crippen molar-refractivity contribution in [1.82, 2.24) is 9.55 Å². The third-order valence-corrected chi connectivity index (χ3v) is 11.3. The fourth-order valence-corrected chi connectivity index (χ4v) is 4.76. The van der Waals surface area contributed by atoms with E-state index >= 15 is 4.39 Å². The predicted molar refractivity (Wildman–Crippen MR) is 124 cm³/mol. The zero-order valence-electron chi connectivity index (χ0n) is 19.9. The molecule has 4 rings (SSSR count). The normalized spacial score (nSPS) is 20.6. The standard InChI is InChI=1S/C22H29FN4O6Si/c1-22(2,3)34(4,5)32-13-16-10-26(21(28)33-16)15-6-7-17(18(23)8-15)14-9-25-11-19(27(29)30)24-20(25)31-12-14/h6-8,11,14,16H,9-10,12-13H2,1-5H3/t14?,16-/m1/s1. The second-order valence-electron chi connectivity index (χ2n) is 10.2. The number of nitrogens with zero attached hydrogens (tertiary/aromatic N) is 4. The van der Waals surface area contributed by atoms with Crippen molar-refractivity contribution in [2.45, 2.75) is 57.5 Å². The summed E-state index contributed by atoms with van der Waals surface area (Å²) >= 11 is 0. The molecule has 1 amide bonds. The summed E-state index contributed by atoms with van der Waals surface area (Å²) < 4.78 is 33.7. The van der Waals surface area contributed by atoms with Crippen LogP contribution in [0.1, 0.15) is 32.3 Å². The van der Waals surface area contributed by atoms with Crippen LogP contribution in [0.15, 0.2) is 24.4 Å². The van der Waals surface area contributed by atoms with Gasteiger partial charge in [0.15, 0.2) is 8.32 Å². The van der Waals surface area contributed by atoms with E-state index in [0.29, 0.717) is 24.4 Å². The smallest absolute Gasteiger partial charge is 0.414 e. The zero-order chi connectivity index (χ0) is 24.8. The van der Waals surface area contributed by atoms with Crippen molar-refractivity contribution in [2.75, 3.05) is 24.7 Å². The molecule has 1 aromatic carbocycles. The Hall–Kier alpha value is -2.99. The van der Waals surface area contributed by atoms with Gasteiger partial charge in [-0.25, -0.2) is 9.18 Å². The highest BCUT2D eigenvalue weighted by Crippen LogP contribution is 2.37. The highest BCUT2D eigenvalue weighted by atomic mass is 28.4. The summed E-state index contributed by atoms with van der Waals surface area (Å²) in [6.07, 6.45) is 0.318. The second-order valence-corrected chi connectivity index (χ2v) is 15.0. The molecule has 0 bridgehead atoms. The van der Waals surface area contributed by atoms with Crippen LogP contribution in [-0.4, -0.2) is 54.7 Å². The summed E-state index contributed by atoms with van der Waals surface area (Å²) in [6.45, 7) is 11.7. The number of hydrogen-bond acceptors (Lipinski definition) is 7. The van der Waals surface area contributed by atoms with Gasteiger partial charge in [0.25, 0.3) is 0 Å². The lowest BCUT2D eigenvalue weighted by atomic mass is 9.98. The van der Waals surface area contributed by atoms with Crippen molar-refractivity contribution in [1.29, 1.82) is 0 Å². The number of rotatable bonds is 6. The number of halogens is 1. The van der Waals surface area contributed by atoms with Gasteiger partial charge in [0.1, 0.15) is 24.7 Å². The van der Waals surface area contributed by atoms with Crippen LogP contribution in [0.4, 0.5) is 20.7 Å². The highest BCUT2D eigenvalue weighted by molar-refractivity contribution is 6.74. The van der Waals surface area contributed by atoms with E-state index in [1.165, 1.54) is 21.7 Å². The fraction of sp³-hybridized carbons (Fsp3) is 0.545. The molecule has 3 heterocycles. The van der Waals surface area contributed by atoms with E-state index in [-0.39, 0.29) is 35.9 Å². The maximum atomic E-state index is 15.1.